The third kappa shape index (κ3) is 3.43. The van der Waals surface area contributed by atoms with E-state index >= 15 is 0 Å². The molecule has 6 nitrogen and oxygen atoms in total. The van der Waals surface area contributed by atoms with Crippen molar-refractivity contribution in [2.24, 2.45) is 5.92 Å². The van der Waals surface area contributed by atoms with Crippen LogP contribution in [0.25, 0.3) is 0 Å². The molecule has 1 saturated heterocycles. The third-order valence-corrected chi connectivity index (χ3v) is 5.15. The van der Waals surface area contributed by atoms with Crippen molar-refractivity contribution in [3.8, 4) is 11.5 Å². The van der Waals surface area contributed by atoms with Crippen LogP contribution in [0.3, 0.4) is 0 Å². The van der Waals surface area contributed by atoms with Crippen molar-refractivity contribution in [3.05, 3.63) is 23.8 Å². The summed E-state index contributed by atoms with van der Waals surface area (Å²) in [5.41, 5.74) is 0.973. The molecule has 0 bridgehead atoms. The van der Waals surface area contributed by atoms with Gasteiger partial charge in [0.05, 0.1) is 25.2 Å². The molecule has 1 aromatic carbocycles. The molecule has 3 aliphatic rings. The lowest BCUT2D eigenvalue weighted by Crippen LogP contribution is -2.35. The van der Waals surface area contributed by atoms with Gasteiger partial charge in [-0.25, -0.2) is 0 Å². The Labute approximate surface area is 147 Å². The largest absolute Gasteiger partial charge is 0.490 e. The van der Waals surface area contributed by atoms with Crippen LogP contribution in [0.4, 0.5) is 0 Å². The SMILES string of the molecule is C[C@@H](NC(=O)[C@H]1CC(=O)N(C2CC2)C1)c1ccc2c(c1)OCCCO2. The van der Waals surface area contributed by atoms with Gasteiger partial charge in [-0.15, -0.1) is 0 Å². The van der Waals surface area contributed by atoms with E-state index in [0.29, 0.717) is 32.2 Å². The van der Waals surface area contributed by atoms with E-state index in [1.165, 1.54) is 0 Å². The molecule has 2 amide bonds. The molecule has 25 heavy (non-hydrogen) atoms. The Balaban J connectivity index is 1.40. The van der Waals surface area contributed by atoms with Crippen molar-refractivity contribution in [2.75, 3.05) is 19.8 Å². The summed E-state index contributed by atoms with van der Waals surface area (Å²) in [7, 11) is 0. The normalized spacial score (nSPS) is 24.0. The molecule has 0 aromatic heterocycles. The first-order valence-electron chi connectivity index (χ1n) is 9.11. The quantitative estimate of drug-likeness (QED) is 0.908. The maximum absolute atomic E-state index is 12.6. The van der Waals surface area contributed by atoms with E-state index in [2.05, 4.69) is 5.32 Å². The summed E-state index contributed by atoms with van der Waals surface area (Å²) in [5, 5.41) is 3.05. The van der Waals surface area contributed by atoms with Crippen molar-refractivity contribution in [2.45, 2.75) is 44.7 Å². The second-order valence-electron chi connectivity index (χ2n) is 7.17. The number of benzene rings is 1. The van der Waals surface area contributed by atoms with E-state index in [0.717, 1.165) is 36.3 Å². The monoisotopic (exact) mass is 344 g/mol. The minimum atomic E-state index is -0.240. The fourth-order valence-electron chi connectivity index (χ4n) is 3.51. The van der Waals surface area contributed by atoms with Gasteiger partial charge in [-0.05, 0) is 37.5 Å². The Bertz CT molecular complexity index is 686. The zero-order chi connectivity index (χ0) is 17.4. The van der Waals surface area contributed by atoms with Crippen molar-refractivity contribution in [1.82, 2.24) is 10.2 Å². The van der Waals surface area contributed by atoms with Gasteiger partial charge in [0.2, 0.25) is 11.8 Å². The predicted molar refractivity (Wildman–Crippen MR) is 91.4 cm³/mol. The number of fused-ring (bicyclic) bond motifs is 1. The van der Waals surface area contributed by atoms with Crippen LogP contribution in [0, 0.1) is 5.92 Å². The van der Waals surface area contributed by atoms with E-state index in [4.69, 9.17) is 9.47 Å². The molecule has 2 aliphatic heterocycles. The highest BCUT2D eigenvalue weighted by atomic mass is 16.5. The number of nitrogens with zero attached hydrogens (tertiary/aromatic N) is 1. The Morgan fingerprint density at radius 3 is 2.76 bits per heavy atom. The number of hydrogen-bond acceptors (Lipinski definition) is 4. The lowest BCUT2D eigenvalue weighted by molar-refractivity contribution is -0.129. The van der Waals surface area contributed by atoms with E-state index in [1.54, 1.807) is 0 Å². The summed E-state index contributed by atoms with van der Waals surface area (Å²) in [5.74, 6) is 1.31. The number of likely N-dealkylation sites (tertiary alicyclic amines) is 1. The summed E-state index contributed by atoms with van der Waals surface area (Å²) >= 11 is 0. The van der Waals surface area contributed by atoms with Crippen LogP contribution >= 0.6 is 0 Å². The maximum Gasteiger partial charge on any atom is 0.225 e. The number of ether oxygens (including phenoxy) is 2. The summed E-state index contributed by atoms with van der Waals surface area (Å²) < 4.78 is 11.4. The van der Waals surface area contributed by atoms with Crippen LogP contribution in [0.2, 0.25) is 0 Å². The summed E-state index contributed by atoms with van der Waals surface area (Å²) in [6.45, 7) is 3.81. The standard InChI is InChI=1S/C19H24N2O4/c1-12(13-3-6-16-17(9-13)25-8-2-7-24-16)20-19(23)14-10-18(22)21(11-14)15-4-5-15/h3,6,9,12,14-15H,2,4-5,7-8,10-11H2,1H3,(H,20,23)/t12-,14+/m1/s1. The van der Waals surface area contributed by atoms with Gasteiger partial charge in [-0.1, -0.05) is 6.07 Å². The molecule has 2 fully saturated rings. The lowest BCUT2D eigenvalue weighted by Gasteiger charge is -2.19. The Hall–Kier alpha value is -2.24. The van der Waals surface area contributed by atoms with Crippen molar-refractivity contribution in [1.29, 1.82) is 0 Å². The van der Waals surface area contributed by atoms with Gasteiger partial charge in [0.1, 0.15) is 0 Å². The zero-order valence-electron chi connectivity index (χ0n) is 14.5. The molecule has 0 spiro atoms. The first-order valence-corrected chi connectivity index (χ1v) is 9.11. The average Bonchev–Trinajstić information content (AvgIpc) is 3.40. The second-order valence-corrected chi connectivity index (χ2v) is 7.17. The molecule has 1 saturated carbocycles. The molecule has 2 atom stereocenters. The molecular formula is C19H24N2O4. The molecule has 2 heterocycles. The number of carbonyl (C=O) groups is 2. The first kappa shape index (κ1) is 16.2. The molecule has 0 radical (unpaired) electrons. The fourth-order valence-corrected chi connectivity index (χ4v) is 3.51. The van der Waals surface area contributed by atoms with E-state index in [9.17, 15) is 9.59 Å². The summed E-state index contributed by atoms with van der Waals surface area (Å²) in [6.07, 6.45) is 3.35. The molecule has 4 rings (SSSR count). The van der Waals surface area contributed by atoms with Crippen LogP contribution in [0.1, 0.15) is 44.2 Å². The van der Waals surface area contributed by atoms with Gasteiger partial charge in [-0.3, -0.25) is 9.59 Å². The van der Waals surface area contributed by atoms with Crippen molar-refractivity contribution in [3.63, 3.8) is 0 Å². The number of nitrogens with one attached hydrogen (secondary N) is 1. The molecule has 0 unspecified atom stereocenters. The van der Waals surface area contributed by atoms with E-state index in [1.807, 2.05) is 30.0 Å². The first-order chi connectivity index (χ1) is 12.1. The number of amides is 2. The lowest BCUT2D eigenvalue weighted by atomic mass is 10.0. The smallest absolute Gasteiger partial charge is 0.225 e. The van der Waals surface area contributed by atoms with Gasteiger partial charge in [0.15, 0.2) is 11.5 Å². The fraction of sp³-hybridized carbons (Fsp3) is 0.579. The van der Waals surface area contributed by atoms with Crippen LogP contribution in [0.15, 0.2) is 18.2 Å². The Morgan fingerprint density at radius 1 is 1.24 bits per heavy atom. The average molecular weight is 344 g/mol. The van der Waals surface area contributed by atoms with Gasteiger partial charge >= 0.3 is 0 Å². The minimum absolute atomic E-state index is 0.0453. The Morgan fingerprint density at radius 2 is 2.00 bits per heavy atom. The molecule has 6 heteroatoms. The van der Waals surface area contributed by atoms with Gasteiger partial charge in [-0.2, -0.15) is 0 Å². The van der Waals surface area contributed by atoms with Crippen LogP contribution < -0.4 is 14.8 Å². The number of hydrogen-bond donors (Lipinski definition) is 1. The topological polar surface area (TPSA) is 67.9 Å². The van der Waals surface area contributed by atoms with Crippen molar-refractivity contribution >= 4 is 11.8 Å². The number of carbonyl (C=O) groups excluding carboxylic acids is 2. The van der Waals surface area contributed by atoms with Crippen LogP contribution in [-0.2, 0) is 9.59 Å². The highest BCUT2D eigenvalue weighted by Crippen LogP contribution is 2.34. The molecule has 1 N–H and O–H groups in total. The molecule has 1 aliphatic carbocycles. The minimum Gasteiger partial charge on any atom is -0.490 e. The highest BCUT2D eigenvalue weighted by molar-refractivity contribution is 5.89. The predicted octanol–water partition coefficient (Wildman–Crippen LogP) is 2.04. The second kappa shape index (κ2) is 6.58. The Kier molecular flexibility index (Phi) is 4.27. The molecule has 134 valence electrons. The van der Waals surface area contributed by atoms with Crippen LogP contribution in [-0.4, -0.2) is 42.5 Å². The summed E-state index contributed by atoms with van der Waals surface area (Å²) in [4.78, 5) is 26.5. The van der Waals surface area contributed by atoms with Gasteiger partial charge in [0, 0.05) is 25.4 Å². The van der Waals surface area contributed by atoms with E-state index < -0.39 is 0 Å². The third-order valence-electron chi connectivity index (χ3n) is 5.15. The summed E-state index contributed by atoms with van der Waals surface area (Å²) in [6, 6.07) is 6.02. The van der Waals surface area contributed by atoms with Gasteiger partial charge < -0.3 is 19.7 Å². The van der Waals surface area contributed by atoms with E-state index in [-0.39, 0.29) is 23.8 Å². The highest BCUT2D eigenvalue weighted by Gasteiger charge is 2.41. The number of rotatable bonds is 4. The maximum atomic E-state index is 12.6. The zero-order valence-corrected chi connectivity index (χ0v) is 14.5. The molecule has 1 aromatic rings. The van der Waals surface area contributed by atoms with Gasteiger partial charge in [0.25, 0.3) is 0 Å². The van der Waals surface area contributed by atoms with Crippen molar-refractivity contribution < 1.29 is 19.1 Å². The van der Waals surface area contributed by atoms with Crippen LogP contribution in [0.5, 0.6) is 11.5 Å². The molecular weight excluding hydrogens is 320 g/mol.